The van der Waals surface area contributed by atoms with Crippen molar-refractivity contribution in [3.8, 4) is 0 Å². The third-order valence-corrected chi connectivity index (χ3v) is 4.21. The van der Waals surface area contributed by atoms with Crippen molar-refractivity contribution in [2.24, 2.45) is 18.4 Å². The molecule has 0 bridgehead atoms. The molecule has 1 aromatic rings. The van der Waals surface area contributed by atoms with Gasteiger partial charge >= 0.3 is 5.97 Å². The summed E-state index contributed by atoms with van der Waals surface area (Å²) in [7, 11) is 1.91. The Kier molecular flexibility index (Phi) is 4.45. The van der Waals surface area contributed by atoms with Crippen LogP contribution in [0.1, 0.15) is 57.6 Å². The second kappa shape index (κ2) is 5.94. The number of hydrogen-bond acceptors (Lipinski definition) is 3. The quantitative estimate of drug-likeness (QED) is 0.869. The number of nitrogens with zero attached hydrogens (tertiary/aromatic N) is 3. The number of carboxylic acid groups (broad SMARTS) is 1. The molecule has 0 aromatic carbocycles. The highest BCUT2D eigenvalue weighted by Crippen LogP contribution is 2.43. The van der Waals surface area contributed by atoms with Crippen LogP contribution in [-0.2, 0) is 24.7 Å². The molecule has 2 rings (SSSR count). The third-order valence-electron chi connectivity index (χ3n) is 4.21. The molecule has 1 aliphatic rings. The van der Waals surface area contributed by atoms with Gasteiger partial charge in [0.1, 0.15) is 5.82 Å². The van der Waals surface area contributed by atoms with E-state index in [9.17, 15) is 4.79 Å². The maximum absolute atomic E-state index is 11.1. The molecule has 0 radical (unpaired) electrons. The number of aliphatic carboxylic acids is 1. The summed E-state index contributed by atoms with van der Waals surface area (Å²) in [5.74, 6) is 1.64. The first-order valence-corrected chi connectivity index (χ1v) is 7.51. The lowest BCUT2D eigenvalue weighted by Crippen LogP contribution is -2.25. The molecule has 1 N–H and O–H groups in total. The lowest BCUT2D eigenvalue weighted by atomic mass is 9.79. The summed E-state index contributed by atoms with van der Waals surface area (Å²) in [6.07, 6.45) is 6.10. The van der Waals surface area contributed by atoms with Gasteiger partial charge in [-0.2, -0.15) is 5.10 Å². The van der Waals surface area contributed by atoms with Crippen molar-refractivity contribution in [1.82, 2.24) is 14.8 Å². The SMILES string of the molecule is CC(C)Cc1nc(CC2(CC(=O)O)CCCC2)n(C)n1. The summed E-state index contributed by atoms with van der Waals surface area (Å²) < 4.78 is 1.83. The summed E-state index contributed by atoms with van der Waals surface area (Å²) in [6.45, 7) is 4.30. The molecule has 1 heterocycles. The molecule has 1 aromatic heterocycles. The lowest BCUT2D eigenvalue weighted by molar-refractivity contribution is -0.139. The van der Waals surface area contributed by atoms with Crippen molar-refractivity contribution in [2.75, 3.05) is 0 Å². The Hall–Kier alpha value is -1.39. The Morgan fingerprint density at radius 2 is 2.05 bits per heavy atom. The normalized spacial score (nSPS) is 17.8. The van der Waals surface area contributed by atoms with Crippen LogP contribution in [0.15, 0.2) is 0 Å². The molecular formula is C15H25N3O2. The first kappa shape index (κ1) is 15.0. The molecule has 0 atom stereocenters. The zero-order chi connectivity index (χ0) is 14.8. The molecule has 20 heavy (non-hydrogen) atoms. The summed E-state index contributed by atoms with van der Waals surface area (Å²) in [4.78, 5) is 15.8. The summed E-state index contributed by atoms with van der Waals surface area (Å²) >= 11 is 0. The van der Waals surface area contributed by atoms with Crippen LogP contribution in [0.3, 0.4) is 0 Å². The summed E-state index contributed by atoms with van der Waals surface area (Å²) in [5, 5.41) is 13.6. The zero-order valence-electron chi connectivity index (χ0n) is 12.7. The van der Waals surface area contributed by atoms with Crippen LogP contribution in [0, 0.1) is 11.3 Å². The maximum Gasteiger partial charge on any atom is 0.303 e. The van der Waals surface area contributed by atoms with Crippen LogP contribution in [0.4, 0.5) is 0 Å². The highest BCUT2D eigenvalue weighted by Gasteiger charge is 2.37. The standard InChI is InChI=1S/C15H25N3O2/c1-11(2)8-12-16-13(18(3)17-12)9-15(10-14(19)20)6-4-5-7-15/h11H,4-10H2,1-3H3,(H,19,20). The summed E-state index contributed by atoms with van der Waals surface area (Å²) in [6, 6.07) is 0. The Labute approximate surface area is 120 Å². The fourth-order valence-corrected chi connectivity index (χ4v) is 3.28. The van der Waals surface area contributed by atoms with Gasteiger partial charge in [-0.15, -0.1) is 0 Å². The van der Waals surface area contributed by atoms with Crippen molar-refractivity contribution < 1.29 is 9.90 Å². The second-order valence-electron chi connectivity index (χ2n) is 6.62. The van der Waals surface area contributed by atoms with Gasteiger partial charge in [0.15, 0.2) is 5.82 Å². The minimum atomic E-state index is -0.698. The fraction of sp³-hybridized carbons (Fsp3) is 0.800. The minimum Gasteiger partial charge on any atom is -0.481 e. The van der Waals surface area contributed by atoms with E-state index in [4.69, 9.17) is 5.11 Å². The Bertz CT molecular complexity index is 473. The van der Waals surface area contributed by atoms with Crippen LogP contribution >= 0.6 is 0 Å². The van der Waals surface area contributed by atoms with Gasteiger partial charge in [-0.1, -0.05) is 26.7 Å². The molecule has 0 spiro atoms. The number of aryl methyl sites for hydroxylation is 1. The van der Waals surface area contributed by atoms with Crippen molar-refractivity contribution in [1.29, 1.82) is 0 Å². The molecular weight excluding hydrogens is 254 g/mol. The largest absolute Gasteiger partial charge is 0.481 e. The van der Waals surface area contributed by atoms with E-state index in [0.717, 1.165) is 50.2 Å². The molecule has 1 saturated carbocycles. The average molecular weight is 279 g/mol. The van der Waals surface area contributed by atoms with Gasteiger partial charge < -0.3 is 5.11 Å². The van der Waals surface area contributed by atoms with Crippen molar-refractivity contribution in [2.45, 2.75) is 58.8 Å². The van der Waals surface area contributed by atoms with Crippen LogP contribution in [0.5, 0.6) is 0 Å². The van der Waals surface area contributed by atoms with Gasteiger partial charge in [0.2, 0.25) is 0 Å². The predicted molar refractivity (Wildman–Crippen MR) is 76.4 cm³/mol. The molecule has 5 heteroatoms. The van der Waals surface area contributed by atoms with Crippen LogP contribution in [-0.4, -0.2) is 25.8 Å². The van der Waals surface area contributed by atoms with E-state index in [0.29, 0.717) is 5.92 Å². The van der Waals surface area contributed by atoms with Gasteiger partial charge in [0.05, 0.1) is 6.42 Å². The highest BCUT2D eigenvalue weighted by molar-refractivity contribution is 5.67. The van der Waals surface area contributed by atoms with E-state index in [1.807, 2.05) is 11.7 Å². The second-order valence-corrected chi connectivity index (χ2v) is 6.62. The first-order valence-electron chi connectivity index (χ1n) is 7.51. The maximum atomic E-state index is 11.1. The molecule has 0 unspecified atom stereocenters. The number of rotatable bonds is 6. The number of aromatic nitrogens is 3. The smallest absolute Gasteiger partial charge is 0.303 e. The van der Waals surface area contributed by atoms with E-state index in [1.165, 1.54) is 0 Å². The van der Waals surface area contributed by atoms with Crippen molar-refractivity contribution in [3.63, 3.8) is 0 Å². The van der Waals surface area contributed by atoms with E-state index in [2.05, 4.69) is 23.9 Å². The first-order chi connectivity index (χ1) is 9.40. The van der Waals surface area contributed by atoms with E-state index < -0.39 is 5.97 Å². The van der Waals surface area contributed by atoms with E-state index in [-0.39, 0.29) is 11.8 Å². The molecule has 1 fully saturated rings. The van der Waals surface area contributed by atoms with Crippen LogP contribution < -0.4 is 0 Å². The molecule has 5 nitrogen and oxygen atoms in total. The van der Waals surface area contributed by atoms with Crippen LogP contribution in [0.2, 0.25) is 0 Å². The van der Waals surface area contributed by atoms with Gasteiger partial charge in [0.25, 0.3) is 0 Å². The molecule has 1 aliphatic carbocycles. The molecule has 112 valence electrons. The van der Waals surface area contributed by atoms with Crippen molar-refractivity contribution >= 4 is 5.97 Å². The molecule has 0 amide bonds. The Morgan fingerprint density at radius 1 is 1.40 bits per heavy atom. The minimum absolute atomic E-state index is 0.109. The Morgan fingerprint density at radius 3 is 2.60 bits per heavy atom. The molecule has 0 saturated heterocycles. The van der Waals surface area contributed by atoms with Crippen LogP contribution in [0.25, 0.3) is 0 Å². The number of carboxylic acids is 1. The average Bonchev–Trinajstić information content (AvgIpc) is 2.86. The Balaban J connectivity index is 2.14. The van der Waals surface area contributed by atoms with E-state index >= 15 is 0 Å². The number of hydrogen-bond donors (Lipinski definition) is 1. The molecule has 0 aliphatic heterocycles. The van der Waals surface area contributed by atoms with Gasteiger partial charge in [-0.3, -0.25) is 9.48 Å². The van der Waals surface area contributed by atoms with Gasteiger partial charge in [-0.05, 0) is 24.2 Å². The fourth-order valence-electron chi connectivity index (χ4n) is 3.28. The van der Waals surface area contributed by atoms with Gasteiger partial charge in [-0.25, -0.2) is 4.98 Å². The van der Waals surface area contributed by atoms with Gasteiger partial charge in [0, 0.05) is 19.9 Å². The topological polar surface area (TPSA) is 68.0 Å². The highest BCUT2D eigenvalue weighted by atomic mass is 16.4. The zero-order valence-corrected chi connectivity index (χ0v) is 12.7. The van der Waals surface area contributed by atoms with E-state index in [1.54, 1.807) is 0 Å². The third kappa shape index (κ3) is 3.58. The monoisotopic (exact) mass is 279 g/mol. The lowest BCUT2D eigenvalue weighted by Gasteiger charge is -2.26. The van der Waals surface area contributed by atoms with Crippen molar-refractivity contribution in [3.05, 3.63) is 11.6 Å². The summed E-state index contributed by atoms with van der Waals surface area (Å²) in [5.41, 5.74) is -0.109. The predicted octanol–water partition coefficient (Wildman–Crippen LogP) is 2.59. The number of carbonyl (C=O) groups is 1.